The number of hydrogen-bond donors (Lipinski definition) is 1. The molecule has 3 aromatic rings. The van der Waals surface area contributed by atoms with Crippen molar-refractivity contribution >= 4 is 44.9 Å². The molecule has 0 fully saturated rings. The van der Waals surface area contributed by atoms with Gasteiger partial charge in [0.05, 0.1) is 33.3 Å². The quantitative estimate of drug-likeness (QED) is 0.676. The van der Waals surface area contributed by atoms with Gasteiger partial charge < -0.3 is 9.72 Å². The van der Waals surface area contributed by atoms with Gasteiger partial charge in [0.1, 0.15) is 5.75 Å². The summed E-state index contributed by atoms with van der Waals surface area (Å²) in [6, 6.07) is 8.62. The van der Waals surface area contributed by atoms with Crippen molar-refractivity contribution in [1.29, 1.82) is 0 Å². The zero-order valence-electron chi connectivity index (χ0n) is 13.8. The molecule has 0 bridgehead atoms. The molecule has 132 valence electrons. The maximum absolute atomic E-state index is 12.5. The number of para-hydroxylation sites is 2. The van der Waals surface area contributed by atoms with E-state index in [4.69, 9.17) is 4.74 Å². The number of alkyl halides is 3. The summed E-state index contributed by atoms with van der Waals surface area (Å²) in [4.78, 5) is 11.3. The van der Waals surface area contributed by atoms with Gasteiger partial charge in [0, 0.05) is 11.8 Å². The number of imidazole rings is 1. The van der Waals surface area contributed by atoms with Crippen molar-refractivity contribution in [2.45, 2.75) is 24.0 Å². The largest absolute Gasteiger partial charge is 2.00 e. The fourth-order valence-corrected chi connectivity index (χ4v) is 3.35. The Bertz CT molecular complexity index is 897. The minimum atomic E-state index is -4.42. The number of H-pyrrole nitrogens is 1. The molecule has 0 aliphatic rings. The third kappa shape index (κ3) is 4.95. The van der Waals surface area contributed by atoms with Crippen molar-refractivity contribution < 1.29 is 22.1 Å². The van der Waals surface area contributed by atoms with Crippen LogP contribution in [0.2, 0.25) is 0 Å². The third-order valence-corrected chi connectivity index (χ3v) is 4.66. The molecule has 0 aliphatic heterocycles. The molecular formula is C16H14F3MgN3O2S+2. The van der Waals surface area contributed by atoms with Crippen molar-refractivity contribution in [2.24, 2.45) is 0 Å². The molecule has 1 unspecified atom stereocenters. The molecule has 0 aliphatic carbocycles. The Hall–Kier alpha value is -1.65. The van der Waals surface area contributed by atoms with Gasteiger partial charge in [-0.3, -0.25) is 9.19 Å². The molecule has 0 saturated heterocycles. The van der Waals surface area contributed by atoms with Gasteiger partial charge >= 0.3 is 29.2 Å². The van der Waals surface area contributed by atoms with E-state index in [2.05, 4.69) is 15.0 Å². The number of nitrogens with zero attached hydrogens (tertiary/aromatic N) is 2. The van der Waals surface area contributed by atoms with Gasteiger partial charge in [-0.1, -0.05) is 12.1 Å². The minimum absolute atomic E-state index is 0. The molecule has 0 spiro atoms. The third-order valence-electron chi connectivity index (χ3n) is 3.50. The Morgan fingerprint density at radius 3 is 2.65 bits per heavy atom. The van der Waals surface area contributed by atoms with E-state index in [0.717, 1.165) is 5.52 Å². The van der Waals surface area contributed by atoms with Crippen LogP contribution < -0.4 is 4.74 Å². The summed E-state index contributed by atoms with van der Waals surface area (Å²) in [5, 5.41) is 0.295. The van der Waals surface area contributed by atoms with Crippen LogP contribution in [0.3, 0.4) is 0 Å². The average molecular weight is 394 g/mol. The number of benzene rings is 1. The zero-order chi connectivity index (χ0) is 18.0. The fourth-order valence-electron chi connectivity index (χ4n) is 2.25. The summed E-state index contributed by atoms with van der Waals surface area (Å²) in [6.07, 6.45) is -3.09. The van der Waals surface area contributed by atoms with E-state index in [0.29, 0.717) is 21.9 Å². The molecule has 2 aromatic heterocycles. The summed E-state index contributed by atoms with van der Waals surface area (Å²) in [7, 11) is -1.51. The number of nitrogens with one attached hydrogen (secondary N) is 1. The Morgan fingerprint density at radius 2 is 1.96 bits per heavy atom. The number of ether oxygens (including phenoxy) is 1. The van der Waals surface area contributed by atoms with Crippen molar-refractivity contribution in [2.75, 3.05) is 6.61 Å². The first-order valence-electron chi connectivity index (χ1n) is 7.30. The van der Waals surface area contributed by atoms with Crippen molar-refractivity contribution in [1.82, 2.24) is 15.0 Å². The first-order chi connectivity index (χ1) is 11.8. The van der Waals surface area contributed by atoms with Crippen LogP contribution in [-0.4, -0.2) is 55.0 Å². The van der Waals surface area contributed by atoms with Crippen LogP contribution in [0.5, 0.6) is 5.75 Å². The predicted octanol–water partition coefficient (Wildman–Crippen LogP) is 3.13. The van der Waals surface area contributed by atoms with Gasteiger partial charge in [-0.05, 0) is 25.1 Å². The molecule has 1 aromatic carbocycles. The molecule has 1 atom stereocenters. The number of fused-ring (bicyclic) bond motifs is 1. The molecular weight excluding hydrogens is 380 g/mol. The Balaban J connectivity index is 0.00000243. The number of rotatable bonds is 5. The standard InChI is InChI=1S/C16H14F3N3O2S.Mg/c1-10-13(20-7-6-14(10)24-9-16(17,18)19)8-25(23)15-21-11-4-2-3-5-12(11)22-15;/h2-7H,8-9H2,1H3,(H,21,22);/q;+2. The smallest absolute Gasteiger partial charge is 0.484 e. The van der Waals surface area contributed by atoms with Crippen LogP contribution in [0.1, 0.15) is 11.3 Å². The minimum Gasteiger partial charge on any atom is -0.484 e. The first kappa shape index (κ1) is 20.7. The normalized spacial score (nSPS) is 12.6. The second-order valence-electron chi connectivity index (χ2n) is 5.33. The summed E-state index contributed by atoms with van der Waals surface area (Å²) in [6.45, 7) is 0.202. The molecule has 26 heavy (non-hydrogen) atoms. The van der Waals surface area contributed by atoms with Crippen LogP contribution in [0.25, 0.3) is 11.0 Å². The summed E-state index contributed by atoms with van der Waals surface area (Å²) < 4.78 is 54.2. The number of halogens is 3. The Morgan fingerprint density at radius 1 is 1.23 bits per heavy atom. The average Bonchev–Trinajstić information content (AvgIpc) is 2.99. The molecule has 0 saturated carbocycles. The predicted molar refractivity (Wildman–Crippen MR) is 92.5 cm³/mol. The van der Waals surface area contributed by atoms with Crippen LogP contribution in [-0.2, 0) is 16.6 Å². The van der Waals surface area contributed by atoms with E-state index in [1.54, 1.807) is 13.0 Å². The fraction of sp³-hybridized carbons (Fsp3) is 0.250. The van der Waals surface area contributed by atoms with Crippen molar-refractivity contribution in [3.8, 4) is 5.75 Å². The number of aromatic amines is 1. The van der Waals surface area contributed by atoms with Gasteiger partial charge in [-0.25, -0.2) is 4.98 Å². The van der Waals surface area contributed by atoms with E-state index in [9.17, 15) is 17.4 Å². The molecule has 1 N–H and O–H groups in total. The van der Waals surface area contributed by atoms with Gasteiger partial charge in [0.25, 0.3) is 0 Å². The number of pyridine rings is 1. The van der Waals surface area contributed by atoms with Crippen molar-refractivity contribution in [3.63, 3.8) is 0 Å². The van der Waals surface area contributed by atoms with E-state index in [-0.39, 0.29) is 34.6 Å². The van der Waals surface area contributed by atoms with Gasteiger partial charge in [0.2, 0.25) is 0 Å². The van der Waals surface area contributed by atoms with E-state index >= 15 is 0 Å². The van der Waals surface area contributed by atoms with Crippen molar-refractivity contribution in [3.05, 3.63) is 47.8 Å². The Labute approximate surface area is 166 Å². The van der Waals surface area contributed by atoms with Gasteiger partial charge in [0.15, 0.2) is 11.8 Å². The van der Waals surface area contributed by atoms with Crippen LogP contribution in [0.4, 0.5) is 13.2 Å². The zero-order valence-corrected chi connectivity index (χ0v) is 16.1. The summed E-state index contributed by atoms with van der Waals surface area (Å²) >= 11 is 0. The van der Waals surface area contributed by atoms with Gasteiger partial charge in [-0.2, -0.15) is 13.2 Å². The second kappa shape index (κ2) is 8.36. The van der Waals surface area contributed by atoms with E-state index in [1.165, 1.54) is 12.3 Å². The molecule has 5 nitrogen and oxygen atoms in total. The van der Waals surface area contributed by atoms with Crippen LogP contribution >= 0.6 is 0 Å². The summed E-state index contributed by atoms with van der Waals surface area (Å²) in [5.41, 5.74) is 2.28. The monoisotopic (exact) mass is 393 g/mol. The van der Waals surface area contributed by atoms with E-state index in [1.807, 2.05) is 18.2 Å². The van der Waals surface area contributed by atoms with Crippen LogP contribution in [0, 0.1) is 6.92 Å². The summed E-state index contributed by atoms with van der Waals surface area (Å²) in [5.74, 6) is 0.0958. The SMILES string of the molecule is Cc1c(OCC(F)(F)F)ccnc1CS(=O)c1nc2ccccc2[nH]1.[Mg+2]. The number of aromatic nitrogens is 3. The molecule has 0 amide bonds. The van der Waals surface area contributed by atoms with Crippen LogP contribution in [0.15, 0.2) is 41.7 Å². The molecule has 0 radical (unpaired) electrons. The first-order valence-corrected chi connectivity index (χ1v) is 8.62. The second-order valence-corrected chi connectivity index (χ2v) is 6.70. The maximum Gasteiger partial charge on any atom is 2.00 e. The maximum atomic E-state index is 12.5. The molecule has 2 heterocycles. The molecule has 3 rings (SSSR count). The van der Waals surface area contributed by atoms with E-state index < -0.39 is 23.6 Å². The Kier molecular flexibility index (Phi) is 6.64. The van der Waals surface area contributed by atoms with Gasteiger partial charge in [-0.15, -0.1) is 0 Å². The number of hydrogen-bond acceptors (Lipinski definition) is 4. The topological polar surface area (TPSA) is 67.9 Å². The molecule has 10 heteroatoms.